The summed E-state index contributed by atoms with van der Waals surface area (Å²) in [6.45, 7) is 5.52. The van der Waals surface area contributed by atoms with Gasteiger partial charge >= 0.3 is 0 Å². The number of ether oxygens (including phenoxy) is 1. The Morgan fingerprint density at radius 1 is 1.21 bits per heavy atom. The number of hydrogen-bond donors (Lipinski definition) is 2. The Morgan fingerprint density at radius 3 is 2.62 bits per heavy atom. The molecule has 2 amide bonds. The minimum Gasteiger partial charge on any atom is -0.496 e. The second kappa shape index (κ2) is 9.56. The van der Waals surface area contributed by atoms with Crippen molar-refractivity contribution >= 4 is 11.8 Å². The van der Waals surface area contributed by atoms with Crippen molar-refractivity contribution in [1.29, 1.82) is 0 Å². The van der Waals surface area contributed by atoms with E-state index in [1.54, 1.807) is 7.11 Å². The molecule has 0 saturated carbocycles. The Labute approximate surface area is 172 Å². The Morgan fingerprint density at radius 2 is 1.93 bits per heavy atom. The van der Waals surface area contributed by atoms with E-state index in [-0.39, 0.29) is 30.3 Å². The fraction of sp³-hybridized carbons (Fsp3) is 0.391. The van der Waals surface area contributed by atoms with Gasteiger partial charge in [0.25, 0.3) is 0 Å². The van der Waals surface area contributed by atoms with Crippen LogP contribution in [0, 0.1) is 6.92 Å². The van der Waals surface area contributed by atoms with Gasteiger partial charge < -0.3 is 20.3 Å². The van der Waals surface area contributed by atoms with E-state index in [4.69, 9.17) is 4.74 Å². The first-order chi connectivity index (χ1) is 14.0. The molecule has 1 heterocycles. The van der Waals surface area contributed by atoms with Gasteiger partial charge in [0, 0.05) is 32.1 Å². The fourth-order valence-electron chi connectivity index (χ4n) is 3.81. The minimum absolute atomic E-state index is 0.0155. The number of para-hydroxylation sites is 1. The van der Waals surface area contributed by atoms with Crippen molar-refractivity contribution < 1.29 is 14.3 Å². The van der Waals surface area contributed by atoms with Gasteiger partial charge in [-0.1, -0.05) is 48.0 Å². The molecular formula is C23H29N3O3. The molecule has 0 spiro atoms. The summed E-state index contributed by atoms with van der Waals surface area (Å²) in [7, 11) is 1.64. The number of hydrogen-bond acceptors (Lipinski definition) is 4. The maximum Gasteiger partial charge on any atom is 0.225 e. The van der Waals surface area contributed by atoms with Crippen LogP contribution >= 0.6 is 0 Å². The van der Waals surface area contributed by atoms with Gasteiger partial charge in [-0.3, -0.25) is 9.59 Å². The van der Waals surface area contributed by atoms with Gasteiger partial charge in [-0.25, -0.2) is 0 Å². The molecule has 2 aromatic rings. The summed E-state index contributed by atoms with van der Waals surface area (Å²) in [6.07, 6.45) is 0.217. The monoisotopic (exact) mass is 395 g/mol. The second-order valence-corrected chi connectivity index (χ2v) is 7.42. The van der Waals surface area contributed by atoms with E-state index >= 15 is 0 Å². The zero-order chi connectivity index (χ0) is 20.8. The molecule has 29 heavy (non-hydrogen) atoms. The van der Waals surface area contributed by atoms with Crippen LogP contribution in [-0.4, -0.2) is 43.5 Å². The van der Waals surface area contributed by atoms with Crippen molar-refractivity contribution in [3.63, 3.8) is 0 Å². The molecule has 2 atom stereocenters. The molecule has 0 aromatic heterocycles. The molecule has 1 fully saturated rings. The number of rotatable bonds is 6. The van der Waals surface area contributed by atoms with E-state index < -0.39 is 0 Å². The second-order valence-electron chi connectivity index (χ2n) is 7.42. The lowest BCUT2D eigenvalue weighted by Crippen LogP contribution is -2.49. The number of nitrogens with one attached hydrogen (secondary N) is 2. The van der Waals surface area contributed by atoms with Crippen LogP contribution < -0.4 is 15.4 Å². The van der Waals surface area contributed by atoms with E-state index in [0.29, 0.717) is 13.1 Å². The number of piperazine rings is 1. The van der Waals surface area contributed by atoms with E-state index in [1.165, 1.54) is 6.92 Å². The zero-order valence-corrected chi connectivity index (χ0v) is 17.3. The van der Waals surface area contributed by atoms with Gasteiger partial charge in [0.2, 0.25) is 11.8 Å². The summed E-state index contributed by atoms with van der Waals surface area (Å²) in [5.74, 6) is 0.641. The van der Waals surface area contributed by atoms with Gasteiger partial charge in [0.15, 0.2) is 0 Å². The summed E-state index contributed by atoms with van der Waals surface area (Å²) < 4.78 is 5.52. The normalized spacial score (nSPS) is 17.5. The Hall–Kier alpha value is -2.86. The quantitative estimate of drug-likeness (QED) is 0.789. The molecule has 154 valence electrons. The molecule has 2 N–H and O–H groups in total. The number of carbonyl (C=O) groups excluding carboxylic acids is 2. The van der Waals surface area contributed by atoms with E-state index in [2.05, 4.69) is 10.6 Å². The topological polar surface area (TPSA) is 70.7 Å². The Bertz CT molecular complexity index is 851. The Kier molecular flexibility index (Phi) is 6.88. The largest absolute Gasteiger partial charge is 0.496 e. The van der Waals surface area contributed by atoms with Crippen LogP contribution in [0.25, 0.3) is 0 Å². The number of aryl methyl sites for hydroxylation is 1. The standard InChI is InChI=1S/C23H29N3O3/c1-16-8-10-18(11-9-16)20(25-17(2)27)14-23(28)26-13-12-24-15-21(26)19-6-4-5-7-22(19)29-3/h4-11,20-21,24H,12-15H2,1-3H3,(H,25,27). The fourth-order valence-corrected chi connectivity index (χ4v) is 3.81. The number of benzene rings is 2. The third-order valence-electron chi connectivity index (χ3n) is 5.30. The summed E-state index contributed by atoms with van der Waals surface area (Å²) in [6, 6.07) is 15.3. The van der Waals surface area contributed by atoms with E-state index in [0.717, 1.165) is 29.0 Å². The molecule has 0 aliphatic carbocycles. The number of carbonyl (C=O) groups is 2. The first kappa shape index (κ1) is 20.9. The average molecular weight is 396 g/mol. The number of nitrogens with zero attached hydrogens (tertiary/aromatic N) is 1. The lowest BCUT2D eigenvalue weighted by atomic mass is 9.98. The highest BCUT2D eigenvalue weighted by Crippen LogP contribution is 2.31. The maximum absolute atomic E-state index is 13.3. The average Bonchev–Trinajstić information content (AvgIpc) is 2.73. The predicted octanol–water partition coefficient (Wildman–Crippen LogP) is 2.74. The third kappa shape index (κ3) is 5.15. The lowest BCUT2D eigenvalue weighted by molar-refractivity contribution is -0.135. The zero-order valence-electron chi connectivity index (χ0n) is 17.3. The van der Waals surface area contributed by atoms with Crippen LogP contribution in [-0.2, 0) is 9.59 Å². The van der Waals surface area contributed by atoms with Crippen molar-refractivity contribution in [2.45, 2.75) is 32.4 Å². The van der Waals surface area contributed by atoms with Crippen LogP contribution in [0.5, 0.6) is 5.75 Å². The third-order valence-corrected chi connectivity index (χ3v) is 5.30. The van der Waals surface area contributed by atoms with Crippen molar-refractivity contribution in [2.75, 3.05) is 26.7 Å². The van der Waals surface area contributed by atoms with Crippen molar-refractivity contribution in [1.82, 2.24) is 15.5 Å². The van der Waals surface area contributed by atoms with Crippen LogP contribution in [0.2, 0.25) is 0 Å². The summed E-state index contributed by atoms with van der Waals surface area (Å²) in [4.78, 5) is 27.0. The van der Waals surface area contributed by atoms with Crippen LogP contribution in [0.4, 0.5) is 0 Å². The molecule has 0 radical (unpaired) electrons. The van der Waals surface area contributed by atoms with Crippen molar-refractivity contribution in [3.05, 3.63) is 65.2 Å². The van der Waals surface area contributed by atoms with Gasteiger partial charge in [0.1, 0.15) is 5.75 Å². The van der Waals surface area contributed by atoms with Crippen molar-refractivity contribution in [3.8, 4) is 5.75 Å². The summed E-state index contributed by atoms with van der Waals surface area (Å²) in [5, 5.41) is 6.31. The first-order valence-corrected chi connectivity index (χ1v) is 9.96. The molecular weight excluding hydrogens is 366 g/mol. The molecule has 1 aliphatic rings. The van der Waals surface area contributed by atoms with Gasteiger partial charge in [-0.15, -0.1) is 0 Å². The smallest absolute Gasteiger partial charge is 0.225 e. The molecule has 1 aliphatic heterocycles. The number of methoxy groups -OCH3 is 1. The molecule has 6 heteroatoms. The highest BCUT2D eigenvalue weighted by Gasteiger charge is 2.31. The number of amides is 2. The molecule has 1 saturated heterocycles. The summed E-state index contributed by atoms with van der Waals surface area (Å²) in [5.41, 5.74) is 3.06. The highest BCUT2D eigenvalue weighted by atomic mass is 16.5. The van der Waals surface area contributed by atoms with Crippen LogP contribution in [0.3, 0.4) is 0 Å². The van der Waals surface area contributed by atoms with E-state index in [9.17, 15) is 9.59 Å². The first-order valence-electron chi connectivity index (χ1n) is 9.96. The van der Waals surface area contributed by atoms with E-state index in [1.807, 2.05) is 60.4 Å². The lowest BCUT2D eigenvalue weighted by Gasteiger charge is -2.38. The molecule has 0 bridgehead atoms. The van der Waals surface area contributed by atoms with Crippen LogP contribution in [0.15, 0.2) is 48.5 Å². The van der Waals surface area contributed by atoms with Gasteiger partial charge in [-0.2, -0.15) is 0 Å². The van der Waals surface area contributed by atoms with Gasteiger partial charge in [0.05, 0.1) is 25.6 Å². The highest BCUT2D eigenvalue weighted by molar-refractivity contribution is 5.80. The van der Waals surface area contributed by atoms with Crippen molar-refractivity contribution in [2.24, 2.45) is 0 Å². The molecule has 2 aromatic carbocycles. The maximum atomic E-state index is 13.3. The Balaban J connectivity index is 1.83. The molecule has 2 unspecified atom stereocenters. The van der Waals surface area contributed by atoms with Gasteiger partial charge in [-0.05, 0) is 18.6 Å². The van der Waals surface area contributed by atoms with Crippen LogP contribution in [0.1, 0.15) is 42.1 Å². The molecule has 3 rings (SSSR count). The summed E-state index contributed by atoms with van der Waals surface area (Å²) >= 11 is 0. The minimum atomic E-state index is -0.353. The SMILES string of the molecule is COc1ccccc1C1CNCCN1C(=O)CC(NC(C)=O)c1ccc(C)cc1. The predicted molar refractivity (Wildman–Crippen MR) is 113 cm³/mol. The molecule has 6 nitrogen and oxygen atoms in total.